The summed E-state index contributed by atoms with van der Waals surface area (Å²) >= 11 is 0. The number of carbonyl (C=O) groups excluding carboxylic acids is 1. The minimum absolute atomic E-state index is 0. The van der Waals surface area contributed by atoms with Crippen molar-refractivity contribution in [1.82, 2.24) is 0 Å². The monoisotopic (exact) mass is 441 g/mol. The van der Waals surface area contributed by atoms with E-state index in [1.807, 2.05) is 32.9 Å². The van der Waals surface area contributed by atoms with Crippen molar-refractivity contribution in [3.8, 4) is 0 Å². The molecule has 0 saturated heterocycles. The van der Waals surface area contributed by atoms with E-state index in [4.69, 9.17) is 0 Å². The maximum absolute atomic E-state index is 13.3. The molecule has 2 aromatic rings. The summed E-state index contributed by atoms with van der Waals surface area (Å²) in [4.78, 5) is 12.7. The standard InChI is InChI=1S/C21H21F6OP.Li/c1-11-9-13(19(3,4)5)10-12(2)17(11)29-18(28)16-14(20(22,23)24)7-6-8-15(16)21(25,26)27;/h6-10,29H,1-5H3;. The topological polar surface area (TPSA) is 17.1 Å². The van der Waals surface area contributed by atoms with Crippen LogP contribution in [0.4, 0.5) is 26.3 Å². The van der Waals surface area contributed by atoms with E-state index in [1.54, 1.807) is 13.8 Å². The van der Waals surface area contributed by atoms with E-state index in [1.165, 1.54) is 0 Å². The smallest absolute Gasteiger partial charge is 0.289 e. The first-order valence-electron chi connectivity index (χ1n) is 8.74. The van der Waals surface area contributed by atoms with Gasteiger partial charge in [-0.2, -0.15) is 26.3 Å². The first kappa shape index (κ1) is 26.8. The zero-order chi connectivity index (χ0) is 22.4. The van der Waals surface area contributed by atoms with Gasteiger partial charge in [0.15, 0.2) is 5.52 Å². The van der Waals surface area contributed by atoms with E-state index >= 15 is 0 Å². The van der Waals surface area contributed by atoms with Gasteiger partial charge in [-0.1, -0.05) is 39.0 Å². The van der Waals surface area contributed by atoms with Crippen LogP contribution in [-0.2, 0) is 17.8 Å². The molecule has 2 aromatic carbocycles. The number of hydrogen-bond acceptors (Lipinski definition) is 1. The summed E-state index contributed by atoms with van der Waals surface area (Å²) in [7, 11) is -0.855. The fourth-order valence-electron chi connectivity index (χ4n) is 3.04. The molecule has 0 aliphatic carbocycles. The minimum Gasteiger partial charge on any atom is -0.289 e. The van der Waals surface area contributed by atoms with Crippen molar-refractivity contribution in [2.75, 3.05) is 0 Å². The number of carbonyl (C=O) groups is 1. The Hall–Kier alpha value is -1.28. The predicted molar refractivity (Wildman–Crippen MR) is 109 cm³/mol. The van der Waals surface area contributed by atoms with E-state index < -0.39 is 43.1 Å². The first-order chi connectivity index (χ1) is 13.0. The summed E-state index contributed by atoms with van der Waals surface area (Å²) in [6.45, 7) is 9.38. The van der Waals surface area contributed by atoms with Gasteiger partial charge in [-0.15, -0.1) is 0 Å². The Morgan fingerprint density at radius 2 is 1.23 bits per heavy atom. The molecule has 0 heterocycles. The molecule has 0 saturated carbocycles. The molecule has 159 valence electrons. The Labute approximate surface area is 185 Å². The second-order valence-electron chi connectivity index (χ2n) is 7.91. The minimum atomic E-state index is -5.07. The van der Waals surface area contributed by atoms with Crippen LogP contribution in [-0.4, -0.2) is 24.4 Å². The van der Waals surface area contributed by atoms with Gasteiger partial charge in [0, 0.05) is 24.4 Å². The molecule has 0 fully saturated rings. The largest absolute Gasteiger partial charge is 0.417 e. The summed E-state index contributed by atoms with van der Waals surface area (Å²) in [5.74, 6) is 0. The molecule has 0 aliphatic rings. The van der Waals surface area contributed by atoms with Crippen molar-refractivity contribution in [2.24, 2.45) is 0 Å². The van der Waals surface area contributed by atoms with Gasteiger partial charge in [0.05, 0.1) is 11.1 Å². The zero-order valence-corrected chi connectivity index (χ0v) is 18.6. The third-order valence-corrected chi connectivity index (χ3v) is 6.06. The van der Waals surface area contributed by atoms with Gasteiger partial charge >= 0.3 is 12.4 Å². The van der Waals surface area contributed by atoms with Crippen LogP contribution in [0.15, 0.2) is 30.3 Å². The normalized spacial score (nSPS) is 12.9. The van der Waals surface area contributed by atoms with Gasteiger partial charge in [0.1, 0.15) is 0 Å². The molecule has 0 spiro atoms. The summed E-state index contributed by atoms with van der Waals surface area (Å²) in [5.41, 5.74) is -3.50. The average Bonchev–Trinajstić information content (AvgIpc) is 2.54. The van der Waals surface area contributed by atoms with Gasteiger partial charge in [-0.05, 0) is 62.0 Å². The predicted octanol–water partition coefficient (Wildman–Crippen LogP) is 6.40. The van der Waals surface area contributed by atoms with Crippen molar-refractivity contribution in [3.05, 3.63) is 63.7 Å². The van der Waals surface area contributed by atoms with Gasteiger partial charge in [0.2, 0.25) is 0 Å². The number of aryl methyl sites for hydroxylation is 2. The molecule has 30 heavy (non-hydrogen) atoms. The second kappa shape index (κ2) is 9.07. The van der Waals surface area contributed by atoms with Crippen LogP contribution >= 0.6 is 8.58 Å². The third kappa shape index (κ3) is 5.90. The number of alkyl halides is 6. The van der Waals surface area contributed by atoms with Crippen molar-refractivity contribution < 1.29 is 31.1 Å². The SMILES string of the molecule is Cc1cc(C(C)(C)C)cc(C)c1PC(=O)c1c(C(F)(F)F)cccc1C(F)(F)F.[Li]. The van der Waals surface area contributed by atoms with Crippen LogP contribution in [0.2, 0.25) is 0 Å². The molecule has 1 atom stereocenters. The fourth-order valence-corrected chi connectivity index (χ4v) is 4.20. The number of rotatable bonds is 3. The van der Waals surface area contributed by atoms with Crippen molar-refractivity contribution >= 4 is 38.3 Å². The molecule has 0 bridgehead atoms. The van der Waals surface area contributed by atoms with Crippen LogP contribution in [0.3, 0.4) is 0 Å². The Balaban J connectivity index is 0.00000450. The number of benzene rings is 2. The van der Waals surface area contributed by atoms with Gasteiger partial charge in [-0.3, -0.25) is 4.79 Å². The molecule has 0 amide bonds. The van der Waals surface area contributed by atoms with Crippen molar-refractivity contribution in [1.29, 1.82) is 0 Å². The number of hydrogen-bond donors (Lipinski definition) is 0. The van der Waals surface area contributed by atoms with E-state index in [0.29, 0.717) is 34.6 Å². The zero-order valence-electron chi connectivity index (χ0n) is 17.6. The summed E-state index contributed by atoms with van der Waals surface area (Å²) < 4.78 is 80.1. The fraction of sp³-hybridized carbons (Fsp3) is 0.381. The quantitative estimate of drug-likeness (QED) is 0.306. The summed E-state index contributed by atoms with van der Waals surface area (Å²) in [6, 6.07) is 5.33. The maximum Gasteiger partial charge on any atom is 0.417 e. The molecule has 2 rings (SSSR count). The van der Waals surface area contributed by atoms with Crippen molar-refractivity contribution in [2.45, 2.75) is 52.4 Å². The molecule has 1 nitrogen and oxygen atoms in total. The molecule has 0 aliphatic heterocycles. The van der Waals surface area contributed by atoms with Crippen LogP contribution in [0, 0.1) is 13.8 Å². The van der Waals surface area contributed by atoms with E-state index in [-0.39, 0.29) is 24.3 Å². The van der Waals surface area contributed by atoms with Gasteiger partial charge in [-0.25, -0.2) is 0 Å². The Bertz CT molecular complexity index is 887. The van der Waals surface area contributed by atoms with E-state index in [0.717, 1.165) is 5.56 Å². The molecular formula is C21H21F6LiOP. The van der Waals surface area contributed by atoms with Gasteiger partial charge < -0.3 is 0 Å². The second-order valence-corrected chi connectivity index (χ2v) is 9.12. The third-order valence-electron chi connectivity index (χ3n) is 4.54. The first-order valence-corrected chi connectivity index (χ1v) is 9.74. The summed E-state index contributed by atoms with van der Waals surface area (Å²) in [5, 5.41) is 0.466. The Kier molecular flexibility index (Phi) is 8.08. The van der Waals surface area contributed by atoms with E-state index in [2.05, 4.69) is 0 Å². The molecule has 0 N–H and O–H groups in total. The Morgan fingerprint density at radius 3 is 1.57 bits per heavy atom. The molecule has 9 heteroatoms. The van der Waals surface area contributed by atoms with Crippen LogP contribution < -0.4 is 5.30 Å². The van der Waals surface area contributed by atoms with Crippen molar-refractivity contribution in [3.63, 3.8) is 0 Å². The molecule has 1 radical (unpaired) electrons. The number of halogens is 6. The van der Waals surface area contributed by atoms with Crippen LogP contribution in [0.25, 0.3) is 0 Å². The maximum atomic E-state index is 13.3. The van der Waals surface area contributed by atoms with Crippen LogP contribution in [0.5, 0.6) is 0 Å². The summed E-state index contributed by atoms with van der Waals surface area (Å²) in [6.07, 6.45) is -10.1. The average molecular weight is 441 g/mol. The molecular weight excluding hydrogens is 420 g/mol. The molecule has 1 unspecified atom stereocenters. The van der Waals surface area contributed by atoms with E-state index in [9.17, 15) is 31.1 Å². The Morgan fingerprint density at radius 1 is 0.833 bits per heavy atom. The van der Waals surface area contributed by atoms with Crippen LogP contribution in [0.1, 0.15) is 58.9 Å². The van der Waals surface area contributed by atoms with Gasteiger partial charge in [0.25, 0.3) is 0 Å². The molecule has 0 aromatic heterocycles.